The molecule has 3 heterocycles. The van der Waals surface area contributed by atoms with Gasteiger partial charge >= 0.3 is 18.1 Å². The van der Waals surface area contributed by atoms with Crippen LogP contribution in [0.1, 0.15) is 65.6 Å². The Morgan fingerprint density at radius 3 is 2.00 bits per heavy atom. The summed E-state index contributed by atoms with van der Waals surface area (Å²) in [6.45, 7) is 12.4. The lowest BCUT2D eigenvalue weighted by atomic mass is 9.86. The summed E-state index contributed by atoms with van der Waals surface area (Å²) in [7, 11) is 1.62. The van der Waals surface area contributed by atoms with Gasteiger partial charge in [0.05, 0.1) is 35.2 Å². The molecule has 2 fully saturated rings. The Bertz CT molecular complexity index is 1360. The smallest absolute Gasteiger partial charge is 0.416 e. The van der Waals surface area contributed by atoms with Gasteiger partial charge in [-0.15, -0.1) is 0 Å². The van der Waals surface area contributed by atoms with Gasteiger partial charge in [0, 0.05) is 63.6 Å². The molecule has 2 aliphatic heterocycles. The van der Waals surface area contributed by atoms with Gasteiger partial charge in [-0.2, -0.15) is 13.2 Å². The van der Waals surface area contributed by atoms with Crippen molar-refractivity contribution in [3.63, 3.8) is 0 Å². The Hall–Kier alpha value is -3.88. The highest BCUT2D eigenvalue weighted by Gasteiger charge is 2.41. The minimum Gasteiger partial charge on any atom is -0.478 e. The molecule has 1 aromatic carbocycles. The van der Waals surface area contributed by atoms with Crippen molar-refractivity contribution < 1.29 is 42.5 Å². The molecule has 2 unspecified atom stereocenters. The molecule has 0 spiro atoms. The van der Waals surface area contributed by atoms with E-state index in [4.69, 9.17) is 14.9 Å². The number of likely N-dealkylation sites (tertiary alicyclic amines) is 1. The van der Waals surface area contributed by atoms with Crippen LogP contribution >= 0.6 is 0 Å². The lowest BCUT2D eigenvalue weighted by Gasteiger charge is -2.52. The number of carboxylic acids is 2. The number of halogens is 3. The zero-order chi connectivity index (χ0) is 34.2. The third-order valence-electron chi connectivity index (χ3n) is 8.73. The molecule has 14 heteroatoms. The Balaban J connectivity index is 0.000000637. The van der Waals surface area contributed by atoms with Crippen molar-refractivity contribution in [2.45, 2.75) is 64.3 Å². The zero-order valence-corrected chi connectivity index (χ0v) is 26.8. The van der Waals surface area contributed by atoms with Crippen LogP contribution in [0.4, 0.5) is 13.2 Å². The van der Waals surface area contributed by atoms with Crippen LogP contribution in [0.5, 0.6) is 0 Å². The molecule has 252 valence electrons. The van der Waals surface area contributed by atoms with E-state index in [1.54, 1.807) is 19.2 Å². The largest absolute Gasteiger partial charge is 0.478 e. The molecule has 0 radical (unpaired) electrons. The van der Waals surface area contributed by atoms with Crippen molar-refractivity contribution in [2.24, 2.45) is 0 Å². The Kier molecular flexibility index (Phi) is 12.4. The zero-order valence-electron chi connectivity index (χ0n) is 26.8. The summed E-state index contributed by atoms with van der Waals surface area (Å²) in [5.74, 6) is -2.51. The van der Waals surface area contributed by atoms with Gasteiger partial charge in [0.2, 0.25) is 0 Å². The number of aliphatic carboxylic acids is 2. The minimum atomic E-state index is -4.35. The molecule has 2 atom stereocenters. The molecule has 46 heavy (non-hydrogen) atoms. The SMILES string of the molecule is COCC(c1ccc(C(F)(F)F)cc1)N1CCN(C2(C)CCN(C(=O)c3c(C)ncnc3C)CC2)CC1C.O=C(O)C=CC(=O)O. The second kappa shape index (κ2) is 15.6. The van der Waals surface area contributed by atoms with Crippen molar-refractivity contribution in [3.8, 4) is 0 Å². The van der Waals surface area contributed by atoms with Gasteiger partial charge in [0.15, 0.2) is 0 Å². The molecule has 11 nitrogen and oxygen atoms in total. The van der Waals surface area contributed by atoms with Gasteiger partial charge in [-0.3, -0.25) is 14.6 Å². The number of benzene rings is 1. The number of carbonyl (C=O) groups excluding carboxylic acids is 1. The maximum absolute atomic E-state index is 13.2. The molecular weight excluding hydrogens is 607 g/mol. The van der Waals surface area contributed by atoms with E-state index in [1.807, 2.05) is 18.7 Å². The molecule has 2 saturated heterocycles. The summed E-state index contributed by atoms with van der Waals surface area (Å²) in [5.41, 5.74) is 2.18. The standard InChI is InChI=1S/C28H38F3N5O2.C4H4O4/c1-19-16-35(14-15-36(19)24(17-38-5)22-6-8-23(9-7-22)28(29,30)31)27(4)10-12-34(13-11-27)26(37)25-20(2)32-18-33-21(25)3;5-3(6)1-2-4(7)8/h6-9,18-19,24H,10-17H2,1-5H3;1-2H,(H,5,6)(H,7,8). The van der Waals surface area contributed by atoms with Crippen molar-refractivity contribution in [2.75, 3.05) is 46.4 Å². The number of amides is 1. The van der Waals surface area contributed by atoms with E-state index >= 15 is 0 Å². The number of piperidine rings is 1. The second-order valence-electron chi connectivity index (χ2n) is 11.8. The first-order chi connectivity index (χ1) is 21.6. The predicted molar refractivity (Wildman–Crippen MR) is 163 cm³/mol. The van der Waals surface area contributed by atoms with E-state index in [2.05, 4.69) is 33.6 Å². The van der Waals surface area contributed by atoms with E-state index in [9.17, 15) is 27.6 Å². The van der Waals surface area contributed by atoms with Crippen molar-refractivity contribution in [1.82, 2.24) is 24.7 Å². The molecule has 2 aliphatic rings. The molecule has 0 bridgehead atoms. The fourth-order valence-corrected chi connectivity index (χ4v) is 6.07. The quantitative estimate of drug-likeness (QED) is 0.400. The van der Waals surface area contributed by atoms with Crippen LogP contribution in [-0.4, -0.2) is 111 Å². The molecule has 1 amide bonds. The number of aryl methyl sites for hydroxylation is 2. The number of hydrogen-bond donors (Lipinski definition) is 2. The summed E-state index contributed by atoms with van der Waals surface area (Å²) < 4.78 is 44.7. The maximum Gasteiger partial charge on any atom is 0.416 e. The highest BCUT2D eigenvalue weighted by Crippen LogP contribution is 2.35. The van der Waals surface area contributed by atoms with Gasteiger partial charge < -0.3 is 19.8 Å². The first-order valence-electron chi connectivity index (χ1n) is 15.0. The van der Waals surface area contributed by atoms with Gasteiger partial charge in [0.25, 0.3) is 5.91 Å². The molecule has 2 aromatic rings. The number of ether oxygens (including phenoxy) is 1. The molecule has 1 aromatic heterocycles. The Morgan fingerprint density at radius 2 is 1.54 bits per heavy atom. The van der Waals surface area contributed by atoms with E-state index in [-0.39, 0.29) is 23.5 Å². The Morgan fingerprint density at radius 1 is 1.00 bits per heavy atom. The van der Waals surface area contributed by atoms with Crippen molar-refractivity contribution >= 4 is 17.8 Å². The lowest BCUT2D eigenvalue weighted by molar-refractivity contribution is -0.137. The normalized spacial score (nSPS) is 19.7. The number of rotatable bonds is 8. The van der Waals surface area contributed by atoms with Crippen molar-refractivity contribution in [3.05, 3.63) is 70.8 Å². The predicted octanol–water partition coefficient (Wildman–Crippen LogP) is 4.21. The van der Waals surface area contributed by atoms with Crippen LogP contribution in [0.25, 0.3) is 0 Å². The van der Waals surface area contributed by atoms with Crippen molar-refractivity contribution in [1.29, 1.82) is 0 Å². The van der Waals surface area contributed by atoms with Crippen LogP contribution in [0, 0.1) is 13.8 Å². The van der Waals surface area contributed by atoms with E-state index < -0.39 is 23.7 Å². The van der Waals surface area contributed by atoms with Crippen LogP contribution in [0.2, 0.25) is 0 Å². The van der Waals surface area contributed by atoms with Crippen LogP contribution in [0.3, 0.4) is 0 Å². The van der Waals surface area contributed by atoms with Crippen LogP contribution in [0.15, 0.2) is 42.7 Å². The number of methoxy groups -OCH3 is 1. The summed E-state index contributed by atoms with van der Waals surface area (Å²) in [4.78, 5) is 47.5. The first kappa shape index (κ1) is 36.6. The van der Waals surface area contributed by atoms with Crippen LogP contribution in [-0.2, 0) is 20.5 Å². The summed E-state index contributed by atoms with van der Waals surface area (Å²) in [5, 5.41) is 15.6. The topological polar surface area (TPSA) is 136 Å². The molecule has 4 rings (SSSR count). The fraction of sp³-hybridized carbons (Fsp3) is 0.531. The number of carbonyl (C=O) groups is 3. The number of aromatic nitrogens is 2. The number of nitrogens with zero attached hydrogens (tertiary/aromatic N) is 5. The van der Waals surface area contributed by atoms with Gasteiger partial charge in [-0.05, 0) is 58.2 Å². The second-order valence-corrected chi connectivity index (χ2v) is 11.8. The van der Waals surface area contributed by atoms with Gasteiger partial charge in [-0.25, -0.2) is 19.6 Å². The van der Waals surface area contributed by atoms with Gasteiger partial charge in [-0.1, -0.05) is 12.1 Å². The highest BCUT2D eigenvalue weighted by atomic mass is 19.4. The number of hydrogen-bond acceptors (Lipinski definition) is 8. The van der Waals surface area contributed by atoms with E-state index in [1.165, 1.54) is 6.33 Å². The lowest BCUT2D eigenvalue weighted by Crippen LogP contribution is -2.62. The monoisotopic (exact) mass is 649 g/mol. The molecule has 0 aliphatic carbocycles. The third kappa shape index (κ3) is 9.33. The number of carboxylic acid groups (broad SMARTS) is 2. The average molecular weight is 650 g/mol. The minimum absolute atomic E-state index is 0.000198. The summed E-state index contributed by atoms with van der Waals surface area (Å²) in [6, 6.07) is 5.52. The molecular formula is C32H42F3N5O6. The number of alkyl halides is 3. The Labute approximate surface area is 266 Å². The van der Waals surface area contributed by atoms with E-state index in [0.29, 0.717) is 48.8 Å². The molecule has 0 saturated carbocycles. The number of piperazine rings is 1. The summed E-state index contributed by atoms with van der Waals surface area (Å²) >= 11 is 0. The summed E-state index contributed by atoms with van der Waals surface area (Å²) in [6.07, 6.45) is 0.000613. The first-order valence-corrected chi connectivity index (χ1v) is 15.0. The average Bonchev–Trinajstić information content (AvgIpc) is 2.99. The van der Waals surface area contributed by atoms with Gasteiger partial charge in [0.1, 0.15) is 6.33 Å². The van der Waals surface area contributed by atoms with E-state index in [0.717, 1.165) is 50.2 Å². The van der Waals surface area contributed by atoms with Crippen LogP contribution < -0.4 is 0 Å². The third-order valence-corrected chi connectivity index (χ3v) is 8.73. The fourth-order valence-electron chi connectivity index (χ4n) is 6.07. The maximum atomic E-state index is 13.2. The highest BCUT2D eigenvalue weighted by molar-refractivity contribution is 5.96. The molecule has 2 N–H and O–H groups in total.